The van der Waals surface area contributed by atoms with E-state index in [2.05, 4.69) is 77.4 Å². The highest BCUT2D eigenvalue weighted by Gasteiger charge is 2.39. The van der Waals surface area contributed by atoms with Crippen molar-refractivity contribution in [1.29, 1.82) is 0 Å². The summed E-state index contributed by atoms with van der Waals surface area (Å²) in [6.07, 6.45) is 8.72. The second kappa shape index (κ2) is 19.2. The highest BCUT2D eigenvalue weighted by atomic mass is 28.4. The molecule has 0 fully saturated rings. The van der Waals surface area contributed by atoms with E-state index in [9.17, 15) is 0 Å². The molecule has 0 atom stereocenters. The molecule has 0 aromatic rings. The molecule has 0 spiro atoms. The van der Waals surface area contributed by atoms with E-state index in [1.165, 1.54) is 84.2 Å². The van der Waals surface area contributed by atoms with Crippen LogP contribution in [-0.2, 0) is 8.85 Å². The topological polar surface area (TPSA) is 28.2 Å². The number of nitrogens with zero attached hydrogens (tertiary/aromatic N) is 3. The third-order valence-electron chi connectivity index (χ3n) is 7.28. The van der Waals surface area contributed by atoms with Gasteiger partial charge in [0.2, 0.25) is 0 Å². The second-order valence-electron chi connectivity index (χ2n) is 10.3. The maximum atomic E-state index is 6.39. The molecule has 0 amide bonds. The zero-order chi connectivity index (χ0) is 25.2. The Kier molecular flexibility index (Phi) is 19.2. The molecule has 0 aliphatic heterocycles. The van der Waals surface area contributed by atoms with Crippen molar-refractivity contribution in [3.8, 4) is 0 Å². The predicted octanol–water partition coefficient (Wildman–Crippen LogP) is 6.09. The molecule has 0 aliphatic carbocycles. The van der Waals surface area contributed by atoms with Gasteiger partial charge in [0, 0.05) is 13.2 Å². The number of hydrogen-bond donors (Lipinski definition) is 0. The van der Waals surface area contributed by atoms with Gasteiger partial charge in [-0.3, -0.25) is 0 Å². The molecule has 0 heterocycles. The molecular weight excluding hydrogens is 426 g/mol. The highest BCUT2D eigenvalue weighted by molar-refractivity contribution is 6.67. The van der Waals surface area contributed by atoms with Gasteiger partial charge >= 0.3 is 8.56 Å². The summed E-state index contributed by atoms with van der Waals surface area (Å²) in [5.41, 5.74) is 0.341. The van der Waals surface area contributed by atoms with Crippen LogP contribution < -0.4 is 0 Å². The molecule has 0 unspecified atom stereocenters. The van der Waals surface area contributed by atoms with Crippen LogP contribution in [0.2, 0.25) is 12.1 Å². The highest BCUT2D eigenvalue weighted by Crippen LogP contribution is 2.40. The van der Waals surface area contributed by atoms with Crippen LogP contribution in [0.5, 0.6) is 0 Å². The summed E-state index contributed by atoms with van der Waals surface area (Å²) in [7, 11) is 4.76. The van der Waals surface area contributed by atoms with E-state index in [0.29, 0.717) is 5.41 Å². The van der Waals surface area contributed by atoms with E-state index in [0.717, 1.165) is 25.3 Å². The van der Waals surface area contributed by atoms with Gasteiger partial charge in [0.15, 0.2) is 0 Å². The molecule has 5 nitrogen and oxygen atoms in total. The average Bonchev–Trinajstić information content (AvgIpc) is 2.79. The monoisotopic (exact) mass is 487 g/mol. The first-order valence-corrected chi connectivity index (χ1v) is 16.3. The Labute approximate surface area is 209 Å². The van der Waals surface area contributed by atoms with Crippen LogP contribution >= 0.6 is 0 Å². The molecule has 6 heteroatoms. The predicted molar refractivity (Wildman–Crippen MR) is 149 cm³/mol. The number of rotatable bonds is 23. The van der Waals surface area contributed by atoms with Crippen molar-refractivity contribution in [2.24, 2.45) is 5.41 Å². The lowest BCUT2D eigenvalue weighted by molar-refractivity contribution is 0.123. The second-order valence-corrected chi connectivity index (χ2v) is 13.9. The molecule has 0 radical (unpaired) electrons. The van der Waals surface area contributed by atoms with Gasteiger partial charge in [-0.2, -0.15) is 0 Å². The van der Waals surface area contributed by atoms with Crippen LogP contribution in [0.3, 0.4) is 0 Å². The zero-order valence-electron chi connectivity index (χ0n) is 24.2. The third-order valence-corrected chi connectivity index (χ3v) is 11.0. The Hall–Kier alpha value is 0.0169. The lowest BCUT2D eigenvalue weighted by Crippen LogP contribution is -2.44. The summed E-state index contributed by atoms with van der Waals surface area (Å²) in [5.74, 6) is 0. The van der Waals surface area contributed by atoms with Crippen molar-refractivity contribution in [1.82, 2.24) is 14.7 Å². The summed E-state index contributed by atoms with van der Waals surface area (Å²) in [4.78, 5) is 7.61. The quantitative estimate of drug-likeness (QED) is 0.163. The maximum Gasteiger partial charge on any atom is 0.337 e. The molecule has 0 aromatic carbocycles. The van der Waals surface area contributed by atoms with Crippen molar-refractivity contribution < 1.29 is 8.85 Å². The zero-order valence-corrected chi connectivity index (χ0v) is 25.2. The molecule has 200 valence electrons. The standard InChI is InChI=1S/C27H61N3O2Si/c1-10-20-28(7)23-16-27(17-24-29(8)21-11-2,18-25-30(9)22-12-3)19-26-33(15-6,31-13-4)32-14-5/h10-26H2,1-9H3. The average molecular weight is 488 g/mol. The van der Waals surface area contributed by atoms with Gasteiger partial charge in [0.1, 0.15) is 0 Å². The first-order chi connectivity index (χ1) is 15.8. The molecule has 0 bridgehead atoms. The fraction of sp³-hybridized carbons (Fsp3) is 1.00. The SMILES string of the molecule is CCCN(C)CCC(CCN(C)CCC)(CCN(C)CCC)CC[Si](CC)(OCC)OCC. The van der Waals surface area contributed by atoms with Crippen LogP contribution in [0.25, 0.3) is 0 Å². The third kappa shape index (κ3) is 14.2. The van der Waals surface area contributed by atoms with Crippen molar-refractivity contribution in [3.05, 3.63) is 0 Å². The molecular formula is C27H61N3O2Si. The fourth-order valence-corrected chi connectivity index (χ4v) is 8.16. The summed E-state index contributed by atoms with van der Waals surface area (Å²) in [6.45, 7) is 22.1. The van der Waals surface area contributed by atoms with Crippen molar-refractivity contribution in [2.45, 2.75) is 98.6 Å². The normalized spacial score (nSPS) is 13.1. The Morgan fingerprint density at radius 1 is 0.545 bits per heavy atom. The van der Waals surface area contributed by atoms with Crippen LogP contribution in [0.15, 0.2) is 0 Å². The molecule has 0 rings (SSSR count). The van der Waals surface area contributed by atoms with Gasteiger partial charge in [-0.1, -0.05) is 27.7 Å². The van der Waals surface area contributed by atoms with Gasteiger partial charge in [-0.05, 0) is 137 Å². The van der Waals surface area contributed by atoms with Crippen LogP contribution in [0, 0.1) is 5.41 Å². The molecule has 0 aromatic heterocycles. The maximum absolute atomic E-state index is 6.39. The largest absolute Gasteiger partial charge is 0.394 e. The van der Waals surface area contributed by atoms with E-state index >= 15 is 0 Å². The molecule has 0 N–H and O–H groups in total. The van der Waals surface area contributed by atoms with Crippen molar-refractivity contribution in [3.63, 3.8) is 0 Å². The van der Waals surface area contributed by atoms with Gasteiger partial charge < -0.3 is 23.6 Å². The van der Waals surface area contributed by atoms with E-state index in [1.54, 1.807) is 0 Å². The Morgan fingerprint density at radius 3 is 1.18 bits per heavy atom. The molecule has 0 aliphatic rings. The van der Waals surface area contributed by atoms with Gasteiger partial charge in [-0.25, -0.2) is 0 Å². The van der Waals surface area contributed by atoms with Gasteiger partial charge in [0.05, 0.1) is 0 Å². The lowest BCUT2D eigenvalue weighted by atomic mass is 9.75. The first kappa shape index (κ1) is 33.0. The minimum atomic E-state index is -2.13. The molecule has 0 saturated heterocycles. The van der Waals surface area contributed by atoms with Crippen molar-refractivity contribution in [2.75, 3.05) is 73.6 Å². The summed E-state index contributed by atoms with van der Waals surface area (Å²) >= 11 is 0. The lowest BCUT2D eigenvalue weighted by Gasteiger charge is -2.40. The van der Waals surface area contributed by atoms with Crippen molar-refractivity contribution >= 4 is 8.56 Å². The summed E-state index contributed by atoms with van der Waals surface area (Å²) < 4.78 is 12.8. The van der Waals surface area contributed by atoms with E-state index in [-0.39, 0.29) is 0 Å². The first-order valence-electron chi connectivity index (χ1n) is 14.1. The fourth-order valence-electron chi connectivity index (χ4n) is 5.06. The Morgan fingerprint density at radius 2 is 0.909 bits per heavy atom. The van der Waals surface area contributed by atoms with Crippen LogP contribution in [0.1, 0.15) is 86.5 Å². The minimum absolute atomic E-state index is 0.341. The van der Waals surface area contributed by atoms with E-state index in [1.807, 2.05) is 0 Å². The van der Waals surface area contributed by atoms with Gasteiger partial charge in [0.25, 0.3) is 0 Å². The molecule has 0 saturated carbocycles. The van der Waals surface area contributed by atoms with Gasteiger partial charge in [-0.15, -0.1) is 0 Å². The summed E-state index contributed by atoms with van der Waals surface area (Å²) in [6, 6.07) is 2.17. The summed E-state index contributed by atoms with van der Waals surface area (Å²) in [5, 5.41) is 0. The number of hydrogen-bond acceptors (Lipinski definition) is 5. The smallest absolute Gasteiger partial charge is 0.337 e. The Bertz CT molecular complexity index is 406. The minimum Gasteiger partial charge on any atom is -0.394 e. The van der Waals surface area contributed by atoms with Crippen LogP contribution in [-0.4, -0.2) is 96.9 Å². The van der Waals surface area contributed by atoms with Crippen LogP contribution in [0.4, 0.5) is 0 Å². The Balaban J connectivity index is 5.74. The van der Waals surface area contributed by atoms with E-state index < -0.39 is 8.56 Å². The van der Waals surface area contributed by atoms with E-state index in [4.69, 9.17) is 8.85 Å². The molecule has 33 heavy (non-hydrogen) atoms.